The van der Waals surface area contributed by atoms with E-state index in [2.05, 4.69) is 4.90 Å². The Kier molecular flexibility index (Phi) is 7.12. The fourth-order valence-electron chi connectivity index (χ4n) is 3.29. The lowest BCUT2D eigenvalue weighted by Gasteiger charge is -2.34. The summed E-state index contributed by atoms with van der Waals surface area (Å²) in [5.74, 6) is 0.820. The van der Waals surface area contributed by atoms with Crippen LogP contribution in [-0.4, -0.2) is 56.1 Å². The van der Waals surface area contributed by atoms with Crippen LogP contribution in [0.4, 0.5) is 4.39 Å². The molecule has 0 unspecified atom stereocenters. The minimum absolute atomic E-state index is 0.143. The Labute approximate surface area is 175 Å². The highest BCUT2D eigenvalue weighted by atomic mass is 35.5. The van der Waals surface area contributed by atoms with E-state index in [0.717, 1.165) is 25.2 Å². The quantitative estimate of drug-likeness (QED) is 0.668. The van der Waals surface area contributed by atoms with Crippen LogP contribution in [0, 0.1) is 5.82 Å². The van der Waals surface area contributed by atoms with E-state index >= 15 is 0 Å². The van der Waals surface area contributed by atoms with E-state index in [1.165, 1.54) is 24.3 Å². The second-order valence-corrected chi connectivity index (χ2v) is 7.17. The van der Waals surface area contributed by atoms with E-state index in [1.807, 2.05) is 18.2 Å². The van der Waals surface area contributed by atoms with Crippen molar-refractivity contribution in [3.05, 3.63) is 64.4 Å². The fraction of sp³-hybridized carbons (Fsp3) is 0.318. The number of halogens is 2. The lowest BCUT2D eigenvalue weighted by molar-refractivity contribution is -0.127. The Morgan fingerprint density at radius 3 is 2.48 bits per heavy atom. The third-order valence-electron chi connectivity index (χ3n) is 4.93. The van der Waals surface area contributed by atoms with Crippen LogP contribution in [0.3, 0.4) is 0 Å². The van der Waals surface area contributed by atoms with E-state index < -0.39 is 5.82 Å². The van der Waals surface area contributed by atoms with Crippen molar-refractivity contribution in [3.8, 4) is 11.5 Å². The van der Waals surface area contributed by atoms with Gasteiger partial charge in [-0.1, -0.05) is 23.7 Å². The number of amides is 1. The van der Waals surface area contributed by atoms with Gasteiger partial charge in [-0.05, 0) is 35.9 Å². The molecule has 1 heterocycles. The number of benzene rings is 2. The molecule has 0 spiro atoms. The largest absolute Gasteiger partial charge is 0.493 e. The minimum Gasteiger partial charge on any atom is -0.493 e. The van der Waals surface area contributed by atoms with Gasteiger partial charge >= 0.3 is 0 Å². The maximum Gasteiger partial charge on any atom is 0.246 e. The van der Waals surface area contributed by atoms with Gasteiger partial charge in [0.15, 0.2) is 11.5 Å². The molecule has 2 aromatic rings. The summed E-state index contributed by atoms with van der Waals surface area (Å²) >= 11 is 6.00. The molecule has 0 bridgehead atoms. The first-order valence-electron chi connectivity index (χ1n) is 9.36. The molecule has 0 aromatic heterocycles. The van der Waals surface area contributed by atoms with Crippen molar-refractivity contribution in [2.75, 3.05) is 40.4 Å². The summed E-state index contributed by atoms with van der Waals surface area (Å²) in [5.41, 5.74) is 1.35. The molecule has 1 amide bonds. The first-order chi connectivity index (χ1) is 14.0. The predicted molar refractivity (Wildman–Crippen MR) is 112 cm³/mol. The molecule has 0 N–H and O–H groups in total. The van der Waals surface area contributed by atoms with Gasteiger partial charge in [0.05, 0.1) is 19.2 Å². The van der Waals surface area contributed by atoms with Gasteiger partial charge in [0, 0.05) is 44.4 Å². The topological polar surface area (TPSA) is 42.0 Å². The maximum atomic E-state index is 13.8. The van der Waals surface area contributed by atoms with Crippen LogP contribution in [-0.2, 0) is 11.3 Å². The zero-order valence-electron chi connectivity index (χ0n) is 16.5. The smallest absolute Gasteiger partial charge is 0.246 e. The van der Waals surface area contributed by atoms with Gasteiger partial charge in [-0.25, -0.2) is 4.39 Å². The zero-order chi connectivity index (χ0) is 20.8. The molecular weight excluding hydrogens is 395 g/mol. The van der Waals surface area contributed by atoms with Gasteiger partial charge in [0.1, 0.15) is 5.82 Å². The normalized spacial score (nSPS) is 15.0. The fourth-order valence-corrected chi connectivity index (χ4v) is 3.52. The van der Waals surface area contributed by atoms with Crippen LogP contribution in [0.5, 0.6) is 11.5 Å². The lowest BCUT2D eigenvalue weighted by atomic mass is 10.1. The van der Waals surface area contributed by atoms with Crippen molar-refractivity contribution in [1.29, 1.82) is 0 Å². The van der Waals surface area contributed by atoms with E-state index in [4.69, 9.17) is 21.1 Å². The molecule has 5 nitrogen and oxygen atoms in total. The van der Waals surface area contributed by atoms with Crippen LogP contribution in [0.2, 0.25) is 5.02 Å². The summed E-state index contributed by atoms with van der Waals surface area (Å²) in [6.45, 7) is 3.51. The van der Waals surface area contributed by atoms with Crippen molar-refractivity contribution in [2.24, 2.45) is 0 Å². The molecule has 1 saturated heterocycles. The van der Waals surface area contributed by atoms with E-state index in [1.54, 1.807) is 25.2 Å². The van der Waals surface area contributed by atoms with Crippen LogP contribution in [0.1, 0.15) is 11.1 Å². The molecule has 7 heteroatoms. The highest BCUT2D eigenvalue weighted by Gasteiger charge is 2.20. The number of hydrogen-bond acceptors (Lipinski definition) is 4. The monoisotopic (exact) mass is 418 g/mol. The van der Waals surface area contributed by atoms with E-state index in [9.17, 15) is 9.18 Å². The van der Waals surface area contributed by atoms with Crippen molar-refractivity contribution in [3.63, 3.8) is 0 Å². The molecule has 0 saturated carbocycles. The van der Waals surface area contributed by atoms with Crippen molar-refractivity contribution in [1.82, 2.24) is 9.80 Å². The number of methoxy groups -OCH3 is 2. The van der Waals surface area contributed by atoms with Gasteiger partial charge < -0.3 is 14.4 Å². The number of ether oxygens (including phenoxy) is 2. The standard InChI is InChI=1S/C22H24ClFN2O3/c1-28-20-8-6-16(14-21(20)29-2)15-25-10-12-26(13-11-25)22(27)9-7-17-18(23)4-3-5-19(17)24/h3-9,14H,10-13,15H2,1-2H3/b9-7+. The number of hydrogen-bond donors (Lipinski definition) is 0. The Balaban J connectivity index is 1.55. The number of piperazine rings is 1. The SMILES string of the molecule is COc1ccc(CN2CCN(C(=O)/C=C/c3c(F)cccc3Cl)CC2)cc1OC. The Bertz CT molecular complexity index is 875. The van der Waals surface area contributed by atoms with Gasteiger partial charge in [-0.15, -0.1) is 0 Å². The molecule has 154 valence electrons. The summed E-state index contributed by atoms with van der Waals surface area (Å²) in [4.78, 5) is 16.5. The predicted octanol–water partition coefficient (Wildman–Crippen LogP) is 3.85. The average Bonchev–Trinajstić information content (AvgIpc) is 2.73. The Morgan fingerprint density at radius 1 is 1.10 bits per heavy atom. The van der Waals surface area contributed by atoms with Crippen molar-refractivity contribution >= 4 is 23.6 Å². The van der Waals surface area contributed by atoms with Crippen LogP contribution in [0.25, 0.3) is 6.08 Å². The maximum absolute atomic E-state index is 13.8. The second kappa shape index (κ2) is 9.76. The third-order valence-corrected chi connectivity index (χ3v) is 5.26. The minimum atomic E-state index is -0.443. The molecule has 1 aliphatic rings. The summed E-state index contributed by atoms with van der Waals surface area (Å²) in [5, 5.41) is 0.286. The van der Waals surface area contributed by atoms with Crippen molar-refractivity contribution < 1.29 is 18.7 Å². The molecule has 0 radical (unpaired) electrons. The average molecular weight is 419 g/mol. The highest BCUT2D eigenvalue weighted by molar-refractivity contribution is 6.32. The number of carbonyl (C=O) groups excluding carboxylic acids is 1. The van der Waals surface area contributed by atoms with Crippen LogP contribution in [0.15, 0.2) is 42.5 Å². The number of carbonyl (C=O) groups is 1. The van der Waals surface area contributed by atoms with E-state index in [0.29, 0.717) is 24.6 Å². The summed E-state index contributed by atoms with van der Waals surface area (Å²) in [6, 6.07) is 10.3. The number of nitrogens with zero attached hydrogens (tertiary/aromatic N) is 2. The molecule has 1 aliphatic heterocycles. The summed E-state index contributed by atoms with van der Waals surface area (Å²) in [7, 11) is 3.23. The van der Waals surface area contributed by atoms with Crippen LogP contribution >= 0.6 is 11.6 Å². The van der Waals surface area contributed by atoms with Gasteiger partial charge in [0.25, 0.3) is 0 Å². The lowest BCUT2D eigenvalue weighted by Crippen LogP contribution is -2.47. The second-order valence-electron chi connectivity index (χ2n) is 6.76. The highest BCUT2D eigenvalue weighted by Crippen LogP contribution is 2.28. The van der Waals surface area contributed by atoms with Crippen LogP contribution < -0.4 is 9.47 Å². The van der Waals surface area contributed by atoms with Crippen molar-refractivity contribution in [2.45, 2.75) is 6.54 Å². The third kappa shape index (κ3) is 5.28. The summed E-state index contributed by atoms with van der Waals surface area (Å²) in [6.07, 6.45) is 2.82. The molecule has 0 atom stereocenters. The molecular formula is C22H24ClFN2O3. The van der Waals surface area contributed by atoms with Gasteiger partial charge in [-0.3, -0.25) is 9.69 Å². The molecule has 3 rings (SSSR count). The van der Waals surface area contributed by atoms with Gasteiger partial charge in [-0.2, -0.15) is 0 Å². The first-order valence-corrected chi connectivity index (χ1v) is 9.74. The molecule has 1 fully saturated rings. The Morgan fingerprint density at radius 2 is 1.83 bits per heavy atom. The molecule has 29 heavy (non-hydrogen) atoms. The summed E-state index contributed by atoms with van der Waals surface area (Å²) < 4.78 is 24.4. The van der Waals surface area contributed by atoms with Gasteiger partial charge in [0.2, 0.25) is 5.91 Å². The Hall–Kier alpha value is -2.57. The molecule has 2 aromatic carbocycles. The zero-order valence-corrected chi connectivity index (χ0v) is 17.3. The molecule has 0 aliphatic carbocycles. The van der Waals surface area contributed by atoms with E-state index in [-0.39, 0.29) is 16.5 Å². The number of rotatable bonds is 6. The first kappa shape index (κ1) is 21.1.